The van der Waals surface area contributed by atoms with Gasteiger partial charge in [0.2, 0.25) is 0 Å². The SMILES string of the molecule is O=C(OC[C@H]1CCCN1c1ccnc2ncnn12)c1cccc(OC(F)(F)F)c1. The van der Waals surface area contributed by atoms with Crippen molar-refractivity contribution in [2.75, 3.05) is 18.1 Å². The summed E-state index contributed by atoms with van der Waals surface area (Å²) in [6.45, 7) is 0.831. The quantitative estimate of drug-likeness (QED) is 0.602. The predicted octanol–water partition coefficient (Wildman–Crippen LogP) is 2.85. The van der Waals surface area contributed by atoms with Crippen molar-refractivity contribution in [2.24, 2.45) is 0 Å². The van der Waals surface area contributed by atoms with E-state index in [1.807, 2.05) is 0 Å². The lowest BCUT2D eigenvalue weighted by atomic mass is 10.2. The molecule has 3 aromatic rings. The molecule has 11 heteroatoms. The first-order chi connectivity index (χ1) is 13.9. The van der Waals surface area contributed by atoms with Gasteiger partial charge in [0.25, 0.3) is 5.78 Å². The Morgan fingerprint density at radius 3 is 2.93 bits per heavy atom. The Hall–Kier alpha value is -3.37. The summed E-state index contributed by atoms with van der Waals surface area (Å²) in [5, 5.41) is 4.17. The average Bonchev–Trinajstić information content (AvgIpc) is 3.33. The largest absolute Gasteiger partial charge is 0.573 e. The molecule has 152 valence electrons. The molecule has 29 heavy (non-hydrogen) atoms. The van der Waals surface area contributed by atoms with Crippen molar-refractivity contribution in [3.63, 3.8) is 0 Å². The van der Waals surface area contributed by atoms with Crippen molar-refractivity contribution in [2.45, 2.75) is 25.2 Å². The van der Waals surface area contributed by atoms with Gasteiger partial charge in [-0.3, -0.25) is 0 Å². The first kappa shape index (κ1) is 19.0. The molecule has 1 aliphatic rings. The lowest BCUT2D eigenvalue weighted by Crippen LogP contribution is -2.35. The van der Waals surface area contributed by atoms with E-state index in [4.69, 9.17) is 4.74 Å². The topological polar surface area (TPSA) is 81.9 Å². The van der Waals surface area contributed by atoms with E-state index in [1.165, 1.54) is 18.5 Å². The van der Waals surface area contributed by atoms with E-state index >= 15 is 0 Å². The van der Waals surface area contributed by atoms with Crippen molar-refractivity contribution in [1.82, 2.24) is 19.6 Å². The van der Waals surface area contributed by atoms with Crippen molar-refractivity contribution in [3.8, 4) is 5.75 Å². The summed E-state index contributed by atoms with van der Waals surface area (Å²) in [6.07, 6.45) is -0.0946. The van der Waals surface area contributed by atoms with E-state index in [-0.39, 0.29) is 18.2 Å². The first-order valence-corrected chi connectivity index (χ1v) is 8.85. The predicted molar refractivity (Wildman–Crippen MR) is 94.6 cm³/mol. The zero-order valence-corrected chi connectivity index (χ0v) is 15.0. The van der Waals surface area contributed by atoms with Crippen LogP contribution in [-0.4, -0.2) is 51.1 Å². The molecule has 1 aliphatic heterocycles. The van der Waals surface area contributed by atoms with Gasteiger partial charge in [0.05, 0.1) is 11.6 Å². The minimum absolute atomic E-state index is 0.0149. The van der Waals surface area contributed by atoms with Crippen LogP contribution < -0.4 is 9.64 Å². The van der Waals surface area contributed by atoms with Gasteiger partial charge in [-0.15, -0.1) is 13.2 Å². The molecule has 2 aromatic heterocycles. The Bertz CT molecular complexity index is 1020. The fraction of sp³-hybridized carbons (Fsp3) is 0.333. The van der Waals surface area contributed by atoms with Crippen molar-refractivity contribution < 1.29 is 27.4 Å². The van der Waals surface area contributed by atoms with Gasteiger partial charge in [0.1, 0.15) is 24.5 Å². The molecule has 4 rings (SSSR count). The zero-order valence-electron chi connectivity index (χ0n) is 15.0. The molecule has 0 bridgehead atoms. The molecule has 0 radical (unpaired) electrons. The van der Waals surface area contributed by atoms with Gasteiger partial charge in [0.15, 0.2) is 0 Å². The molecule has 3 heterocycles. The van der Waals surface area contributed by atoms with Crippen LogP contribution >= 0.6 is 0 Å². The van der Waals surface area contributed by atoms with Crippen LogP contribution in [0, 0.1) is 0 Å². The molecule has 0 spiro atoms. The van der Waals surface area contributed by atoms with Crippen LogP contribution in [0.5, 0.6) is 5.75 Å². The smallest absolute Gasteiger partial charge is 0.460 e. The molecule has 0 aliphatic carbocycles. The summed E-state index contributed by atoms with van der Waals surface area (Å²) in [7, 11) is 0. The molecule has 1 aromatic carbocycles. The van der Waals surface area contributed by atoms with Gasteiger partial charge in [-0.1, -0.05) is 6.07 Å². The van der Waals surface area contributed by atoms with Gasteiger partial charge >= 0.3 is 12.3 Å². The van der Waals surface area contributed by atoms with E-state index in [0.29, 0.717) is 5.78 Å². The monoisotopic (exact) mass is 407 g/mol. The minimum Gasteiger partial charge on any atom is -0.460 e. The third kappa shape index (κ3) is 4.23. The molecule has 1 fully saturated rings. The number of rotatable bonds is 5. The Kier molecular flexibility index (Phi) is 4.95. The number of hydrogen-bond acceptors (Lipinski definition) is 7. The molecule has 8 nitrogen and oxygen atoms in total. The van der Waals surface area contributed by atoms with Gasteiger partial charge < -0.3 is 14.4 Å². The van der Waals surface area contributed by atoms with Gasteiger partial charge in [-0.05, 0) is 37.1 Å². The second kappa shape index (κ2) is 7.57. The molecular formula is C18H16F3N5O3. The maximum absolute atomic E-state index is 12.4. The summed E-state index contributed by atoms with van der Waals surface area (Å²) in [4.78, 5) is 22.6. The Balaban J connectivity index is 1.44. The Labute approximate surface area is 162 Å². The van der Waals surface area contributed by atoms with Crippen LogP contribution in [-0.2, 0) is 4.74 Å². The molecule has 1 atom stereocenters. The number of hydrogen-bond donors (Lipinski definition) is 0. The number of carbonyl (C=O) groups is 1. The van der Waals surface area contributed by atoms with E-state index in [9.17, 15) is 18.0 Å². The van der Waals surface area contributed by atoms with Crippen LogP contribution in [0.4, 0.5) is 19.0 Å². The second-order valence-corrected chi connectivity index (χ2v) is 6.44. The summed E-state index contributed by atoms with van der Waals surface area (Å²) in [5.41, 5.74) is -0.0149. The Morgan fingerprint density at radius 1 is 1.24 bits per heavy atom. The standard InChI is InChI=1S/C18H16F3N5O3/c19-18(20,21)29-14-5-1-3-12(9-14)16(27)28-10-13-4-2-8-25(13)15-6-7-22-17-23-11-24-26(15)17/h1,3,5-7,9,11,13H,2,4,8,10H2/t13-/m1/s1. The summed E-state index contributed by atoms with van der Waals surface area (Å²) >= 11 is 0. The van der Waals surface area contributed by atoms with Gasteiger partial charge in [0, 0.05) is 12.7 Å². The third-order valence-electron chi connectivity index (χ3n) is 4.54. The van der Waals surface area contributed by atoms with E-state index in [2.05, 4.69) is 24.7 Å². The fourth-order valence-corrected chi connectivity index (χ4v) is 3.33. The number of esters is 1. The number of alkyl halides is 3. The number of fused-ring (bicyclic) bond motifs is 1. The van der Waals surface area contributed by atoms with Crippen LogP contribution in [0.15, 0.2) is 42.9 Å². The van der Waals surface area contributed by atoms with Gasteiger partial charge in [-0.25, -0.2) is 9.78 Å². The maximum Gasteiger partial charge on any atom is 0.573 e. The molecule has 0 unspecified atom stereocenters. The number of anilines is 1. The van der Waals surface area contributed by atoms with E-state index in [0.717, 1.165) is 37.3 Å². The molecule has 0 amide bonds. The van der Waals surface area contributed by atoms with Crippen molar-refractivity contribution in [1.29, 1.82) is 0 Å². The van der Waals surface area contributed by atoms with Crippen LogP contribution in [0.3, 0.4) is 0 Å². The van der Waals surface area contributed by atoms with E-state index in [1.54, 1.807) is 16.8 Å². The highest BCUT2D eigenvalue weighted by molar-refractivity contribution is 5.89. The van der Waals surface area contributed by atoms with Gasteiger partial charge in [-0.2, -0.15) is 14.6 Å². The highest BCUT2D eigenvalue weighted by atomic mass is 19.4. The average molecular weight is 407 g/mol. The summed E-state index contributed by atoms with van der Waals surface area (Å²) in [5.74, 6) is 0.0585. The van der Waals surface area contributed by atoms with Crippen LogP contribution in [0.25, 0.3) is 5.78 Å². The molecule has 1 saturated heterocycles. The minimum atomic E-state index is -4.83. The van der Waals surface area contributed by atoms with Crippen molar-refractivity contribution in [3.05, 3.63) is 48.4 Å². The number of halogens is 3. The van der Waals surface area contributed by atoms with E-state index < -0.39 is 18.1 Å². The number of benzene rings is 1. The highest BCUT2D eigenvalue weighted by Gasteiger charge is 2.31. The zero-order chi connectivity index (χ0) is 20.4. The Morgan fingerprint density at radius 2 is 2.10 bits per heavy atom. The lowest BCUT2D eigenvalue weighted by molar-refractivity contribution is -0.274. The van der Waals surface area contributed by atoms with Crippen LogP contribution in [0.2, 0.25) is 0 Å². The third-order valence-corrected chi connectivity index (χ3v) is 4.54. The summed E-state index contributed by atoms with van der Waals surface area (Å²) in [6, 6.07) is 6.51. The number of nitrogens with zero attached hydrogens (tertiary/aromatic N) is 5. The van der Waals surface area contributed by atoms with Crippen LogP contribution in [0.1, 0.15) is 23.2 Å². The maximum atomic E-state index is 12.4. The lowest BCUT2D eigenvalue weighted by Gasteiger charge is -2.26. The molecule has 0 N–H and O–H groups in total. The number of carbonyl (C=O) groups excluding carboxylic acids is 1. The van der Waals surface area contributed by atoms with Crippen molar-refractivity contribution >= 4 is 17.6 Å². The normalized spacial score (nSPS) is 16.9. The highest BCUT2D eigenvalue weighted by Crippen LogP contribution is 2.26. The number of ether oxygens (including phenoxy) is 2. The number of aromatic nitrogens is 4. The summed E-state index contributed by atoms with van der Waals surface area (Å²) < 4.78 is 47.9. The second-order valence-electron chi connectivity index (χ2n) is 6.44. The molecule has 0 saturated carbocycles. The molecular weight excluding hydrogens is 391 g/mol. The fourth-order valence-electron chi connectivity index (χ4n) is 3.33. The first-order valence-electron chi connectivity index (χ1n) is 8.85.